The molecule has 3 heterocycles. The zero-order valence-corrected chi connectivity index (χ0v) is 19.5. The molecule has 0 N–H and O–H groups in total. The second-order valence-electron chi connectivity index (χ2n) is 9.69. The van der Waals surface area contributed by atoms with E-state index in [9.17, 15) is 0 Å². The Morgan fingerprint density at radius 3 is 2.19 bits per heavy atom. The number of hydrogen-bond donors (Lipinski definition) is 0. The zero-order valence-electron chi connectivity index (χ0n) is 19.5. The van der Waals surface area contributed by atoms with Crippen LogP contribution in [0.5, 0.6) is 0 Å². The summed E-state index contributed by atoms with van der Waals surface area (Å²) in [6, 6.07) is 17.6. The molecule has 0 fully saturated rings. The molecule has 2 atom stereocenters. The van der Waals surface area contributed by atoms with E-state index < -0.39 is 0 Å². The van der Waals surface area contributed by atoms with Gasteiger partial charge in [-0.1, -0.05) is 54.1 Å². The molecule has 5 rings (SSSR count). The Hall–Kier alpha value is -3.00. The number of nitrogens with zero attached hydrogens (tertiary/aromatic N) is 2. The molecular formula is C29H32N2. The molecule has 0 saturated heterocycles. The maximum absolute atomic E-state index is 2.61. The van der Waals surface area contributed by atoms with Crippen molar-refractivity contribution in [3.63, 3.8) is 0 Å². The SMILES string of the molecule is CC(C)=C[C@H]1C[C@](C)(/C=C/c2c(C)c3ccccc3n2C)n2c1c(C)c1ccccc12. The highest BCUT2D eigenvalue weighted by Gasteiger charge is 2.40. The standard InChI is InChI=1S/C29H32N2/c1-19(2)17-22-18-29(5,31-27-14-10-8-12-24(27)21(4)28(22)31)16-15-25-20(3)23-11-7-9-13-26(23)30(25)6/h7-17,22H,18H2,1-6H3/b16-15+/t22-,29-/m0/s1. The number of rotatable bonds is 3. The maximum atomic E-state index is 2.61. The highest BCUT2D eigenvalue weighted by atomic mass is 15.1. The van der Waals surface area contributed by atoms with Gasteiger partial charge in [-0.3, -0.25) is 0 Å². The van der Waals surface area contributed by atoms with E-state index in [1.807, 2.05) is 0 Å². The van der Waals surface area contributed by atoms with Crippen LogP contribution < -0.4 is 0 Å². The Morgan fingerprint density at radius 2 is 1.55 bits per heavy atom. The van der Waals surface area contributed by atoms with E-state index >= 15 is 0 Å². The molecule has 0 aliphatic carbocycles. The van der Waals surface area contributed by atoms with Gasteiger partial charge in [0.25, 0.3) is 0 Å². The third-order valence-electron chi connectivity index (χ3n) is 7.22. The van der Waals surface area contributed by atoms with Crippen molar-refractivity contribution < 1.29 is 0 Å². The van der Waals surface area contributed by atoms with Crippen LogP contribution in [0, 0.1) is 13.8 Å². The number of para-hydroxylation sites is 2. The molecule has 2 heteroatoms. The normalized spacial score (nSPS) is 20.8. The Labute approximate surface area is 185 Å². The number of fused-ring (bicyclic) bond motifs is 4. The molecule has 0 spiro atoms. The predicted octanol–water partition coefficient (Wildman–Crippen LogP) is 7.63. The van der Waals surface area contributed by atoms with Gasteiger partial charge in [0, 0.05) is 46.2 Å². The summed E-state index contributed by atoms with van der Waals surface area (Å²) in [6.07, 6.45) is 8.36. The van der Waals surface area contributed by atoms with Gasteiger partial charge >= 0.3 is 0 Å². The Bertz CT molecular complexity index is 1330. The van der Waals surface area contributed by atoms with Crippen LogP contribution in [0.25, 0.3) is 27.9 Å². The van der Waals surface area contributed by atoms with Crippen molar-refractivity contribution in [2.75, 3.05) is 0 Å². The zero-order chi connectivity index (χ0) is 21.9. The molecule has 4 aromatic rings. The lowest BCUT2D eigenvalue weighted by Gasteiger charge is -2.25. The first-order chi connectivity index (χ1) is 14.8. The molecule has 31 heavy (non-hydrogen) atoms. The molecule has 0 amide bonds. The molecule has 0 radical (unpaired) electrons. The molecule has 0 bridgehead atoms. The molecule has 2 aromatic carbocycles. The third-order valence-corrected chi connectivity index (χ3v) is 7.22. The minimum absolute atomic E-state index is 0.0668. The average Bonchev–Trinajstić information content (AvgIpc) is 3.30. The summed E-state index contributed by atoms with van der Waals surface area (Å²) in [7, 11) is 2.18. The summed E-state index contributed by atoms with van der Waals surface area (Å²) in [5, 5.41) is 2.72. The van der Waals surface area contributed by atoms with Crippen molar-refractivity contribution in [3.8, 4) is 0 Å². The van der Waals surface area contributed by atoms with Crippen LogP contribution in [0.1, 0.15) is 55.6 Å². The Morgan fingerprint density at radius 1 is 0.935 bits per heavy atom. The first-order valence-electron chi connectivity index (χ1n) is 11.3. The van der Waals surface area contributed by atoms with Gasteiger partial charge in [-0.05, 0) is 70.4 Å². The summed E-state index contributed by atoms with van der Waals surface area (Å²) < 4.78 is 4.93. The van der Waals surface area contributed by atoms with Gasteiger partial charge in [-0.25, -0.2) is 0 Å². The van der Waals surface area contributed by atoms with Crippen molar-refractivity contribution in [3.05, 3.63) is 88.8 Å². The van der Waals surface area contributed by atoms with Crippen molar-refractivity contribution >= 4 is 27.9 Å². The van der Waals surface area contributed by atoms with E-state index in [4.69, 9.17) is 0 Å². The van der Waals surface area contributed by atoms with Gasteiger partial charge in [0.15, 0.2) is 0 Å². The maximum Gasteiger partial charge on any atom is 0.0616 e. The van der Waals surface area contributed by atoms with Crippen LogP contribution in [-0.4, -0.2) is 9.13 Å². The van der Waals surface area contributed by atoms with Crippen LogP contribution in [-0.2, 0) is 12.6 Å². The topological polar surface area (TPSA) is 9.86 Å². The minimum atomic E-state index is -0.0668. The lowest BCUT2D eigenvalue weighted by molar-refractivity contribution is 0.439. The fourth-order valence-electron chi connectivity index (χ4n) is 5.83. The van der Waals surface area contributed by atoms with E-state index in [0.29, 0.717) is 5.92 Å². The van der Waals surface area contributed by atoms with Crippen LogP contribution >= 0.6 is 0 Å². The molecule has 158 valence electrons. The van der Waals surface area contributed by atoms with Gasteiger partial charge in [0.1, 0.15) is 0 Å². The van der Waals surface area contributed by atoms with E-state index in [1.165, 1.54) is 49.9 Å². The molecule has 2 aromatic heterocycles. The Kier molecular flexibility index (Phi) is 4.51. The largest absolute Gasteiger partial charge is 0.344 e. The van der Waals surface area contributed by atoms with Crippen LogP contribution in [0.15, 0.2) is 66.3 Å². The Balaban J connectivity index is 1.69. The summed E-state index contributed by atoms with van der Waals surface area (Å²) in [4.78, 5) is 0. The fraction of sp³-hybridized carbons (Fsp3) is 0.310. The molecule has 0 saturated carbocycles. The minimum Gasteiger partial charge on any atom is -0.344 e. The van der Waals surface area contributed by atoms with E-state index in [2.05, 4.69) is 118 Å². The first kappa shape index (κ1) is 19.9. The van der Waals surface area contributed by atoms with E-state index in [-0.39, 0.29) is 5.54 Å². The summed E-state index contributed by atoms with van der Waals surface area (Å²) in [6.45, 7) is 11.4. The van der Waals surface area contributed by atoms with Gasteiger partial charge in [-0.2, -0.15) is 0 Å². The molecule has 0 unspecified atom stereocenters. The van der Waals surface area contributed by atoms with Crippen molar-refractivity contribution in [1.82, 2.24) is 9.13 Å². The first-order valence-corrected chi connectivity index (χ1v) is 11.3. The second kappa shape index (κ2) is 7.02. The van der Waals surface area contributed by atoms with E-state index in [0.717, 1.165) is 6.42 Å². The summed E-state index contributed by atoms with van der Waals surface area (Å²) >= 11 is 0. The van der Waals surface area contributed by atoms with Gasteiger partial charge in [0.05, 0.1) is 5.54 Å². The molecule has 1 aliphatic rings. The van der Waals surface area contributed by atoms with Gasteiger partial charge in [0.2, 0.25) is 0 Å². The number of benzene rings is 2. The van der Waals surface area contributed by atoms with Gasteiger partial charge in [-0.15, -0.1) is 0 Å². The molecule has 2 nitrogen and oxygen atoms in total. The quantitative estimate of drug-likeness (QED) is 0.308. The van der Waals surface area contributed by atoms with Crippen LogP contribution in [0.2, 0.25) is 0 Å². The van der Waals surface area contributed by atoms with E-state index in [1.54, 1.807) is 0 Å². The lowest BCUT2D eigenvalue weighted by atomic mass is 9.89. The smallest absolute Gasteiger partial charge is 0.0616 e. The monoisotopic (exact) mass is 408 g/mol. The average molecular weight is 409 g/mol. The molecule has 1 aliphatic heterocycles. The lowest BCUT2D eigenvalue weighted by Crippen LogP contribution is -2.23. The second-order valence-corrected chi connectivity index (χ2v) is 9.69. The fourth-order valence-corrected chi connectivity index (χ4v) is 5.83. The third kappa shape index (κ3) is 2.92. The van der Waals surface area contributed by atoms with Crippen molar-refractivity contribution in [2.24, 2.45) is 7.05 Å². The number of hydrogen-bond acceptors (Lipinski definition) is 0. The van der Waals surface area contributed by atoms with Crippen LogP contribution in [0.4, 0.5) is 0 Å². The summed E-state index contributed by atoms with van der Waals surface area (Å²) in [5.74, 6) is 0.445. The van der Waals surface area contributed by atoms with Crippen LogP contribution in [0.3, 0.4) is 0 Å². The van der Waals surface area contributed by atoms with Crippen molar-refractivity contribution in [1.29, 1.82) is 0 Å². The number of aryl methyl sites for hydroxylation is 3. The number of aromatic nitrogens is 2. The highest BCUT2D eigenvalue weighted by Crippen LogP contribution is 2.48. The number of allylic oxidation sites excluding steroid dienone is 3. The highest BCUT2D eigenvalue weighted by molar-refractivity contribution is 5.88. The predicted molar refractivity (Wildman–Crippen MR) is 134 cm³/mol. The van der Waals surface area contributed by atoms with Gasteiger partial charge < -0.3 is 9.13 Å². The summed E-state index contributed by atoms with van der Waals surface area (Å²) in [5.41, 5.74) is 9.51. The molecular weight excluding hydrogens is 376 g/mol. The van der Waals surface area contributed by atoms with Crippen molar-refractivity contribution in [2.45, 2.75) is 52.5 Å².